The van der Waals surface area contributed by atoms with E-state index in [1.165, 1.54) is 22.7 Å². The maximum absolute atomic E-state index is 14.7. The van der Waals surface area contributed by atoms with Crippen molar-refractivity contribution in [2.45, 2.75) is 83.1 Å². The Morgan fingerprint density at radius 3 is 2.42 bits per heavy atom. The first-order chi connectivity index (χ1) is 22.4. The lowest BCUT2D eigenvalue weighted by Gasteiger charge is -2.71. The normalized spacial score (nSPS) is 38.8. The van der Waals surface area contributed by atoms with Crippen LogP contribution in [0.5, 0.6) is 0 Å². The summed E-state index contributed by atoms with van der Waals surface area (Å²) >= 11 is 1.56. The van der Waals surface area contributed by atoms with Gasteiger partial charge in [-0.3, -0.25) is 4.79 Å². The Hall–Kier alpha value is -2.31. The summed E-state index contributed by atoms with van der Waals surface area (Å²) in [5.41, 5.74) is -4.42. The van der Waals surface area contributed by atoms with E-state index in [1.807, 2.05) is 30.5 Å². The molecule has 8 rings (SSSR count). The maximum atomic E-state index is 14.7. The van der Waals surface area contributed by atoms with Crippen molar-refractivity contribution in [2.75, 3.05) is 19.3 Å². The van der Waals surface area contributed by atoms with Gasteiger partial charge in [0.2, 0.25) is 10.0 Å². The monoisotopic (exact) mass is 703 g/mol. The fourth-order valence-corrected chi connectivity index (χ4v) is 12.5. The quantitative estimate of drug-likeness (QED) is 0.227. The highest BCUT2D eigenvalue weighted by Crippen LogP contribution is 2.78. The van der Waals surface area contributed by atoms with Gasteiger partial charge in [0.15, 0.2) is 5.78 Å². The number of aliphatic hydroxyl groups excluding tert-OH is 1. The minimum Gasteiger partial charge on any atom is -0.393 e. The molecule has 0 aliphatic heterocycles. The van der Waals surface area contributed by atoms with Crippen LogP contribution < -0.4 is 0 Å². The lowest BCUT2D eigenvalue weighted by atomic mass is 9.32. The third-order valence-electron chi connectivity index (χ3n) is 13.5. The number of hydrogen-bond acceptors (Lipinski definition) is 6. The second-order valence-electron chi connectivity index (χ2n) is 15.6. The molecule has 0 saturated heterocycles. The Bertz CT molecular complexity index is 1790. The van der Waals surface area contributed by atoms with E-state index in [4.69, 9.17) is 0 Å². The van der Waals surface area contributed by atoms with Crippen molar-refractivity contribution >= 4 is 27.1 Å². The molecule has 1 aromatic heterocycles. The van der Waals surface area contributed by atoms with E-state index in [0.717, 1.165) is 23.4 Å². The number of hydrogen-bond donors (Lipinski definition) is 2. The van der Waals surface area contributed by atoms with E-state index in [0.29, 0.717) is 50.5 Å². The average Bonchev–Trinajstić information content (AvgIpc) is 3.63. The van der Waals surface area contributed by atoms with Gasteiger partial charge in [0.25, 0.3) is 0 Å². The molecule has 2 bridgehead atoms. The first kappa shape index (κ1) is 34.2. The molecule has 1 aromatic carbocycles. The Balaban J connectivity index is 1.32. The first-order valence-electron chi connectivity index (χ1n) is 16.9. The number of carbonyl (C=O) groups is 1. The molecule has 1 heterocycles. The molecule has 8 atom stereocenters. The summed E-state index contributed by atoms with van der Waals surface area (Å²) in [5, 5.41) is 25.5. The average molecular weight is 704 g/mol. The highest BCUT2D eigenvalue weighted by atomic mass is 32.2. The molecular weight excluding hydrogens is 660 g/mol. The first-order valence-corrected chi connectivity index (χ1v) is 19.7. The van der Waals surface area contributed by atoms with Gasteiger partial charge < -0.3 is 10.2 Å². The number of fused-ring (bicyclic) bond motifs is 1. The number of Topliss-reactive ketones (excluding diaryl/α,β-unsaturated/α-hetero) is 1. The molecule has 0 amide bonds. The van der Waals surface area contributed by atoms with Crippen molar-refractivity contribution < 1.29 is 36.6 Å². The van der Waals surface area contributed by atoms with Crippen LogP contribution in [0.2, 0.25) is 0 Å². The Morgan fingerprint density at radius 2 is 1.73 bits per heavy atom. The zero-order chi connectivity index (χ0) is 34.5. The predicted molar refractivity (Wildman–Crippen MR) is 179 cm³/mol. The number of rotatable bonds is 8. The van der Waals surface area contributed by atoms with E-state index in [9.17, 15) is 36.6 Å². The zero-order valence-electron chi connectivity index (χ0n) is 27.6. The van der Waals surface area contributed by atoms with E-state index in [1.54, 1.807) is 11.3 Å². The lowest BCUT2D eigenvalue weighted by molar-refractivity contribution is -0.173. The minimum atomic E-state index is -4.61. The predicted octanol–water partition coefficient (Wildman–Crippen LogP) is 7.05. The number of aliphatic hydroxyl groups is 2. The van der Waals surface area contributed by atoms with Crippen LogP contribution in [-0.2, 0) is 22.6 Å². The summed E-state index contributed by atoms with van der Waals surface area (Å²) in [5.74, 6) is -0.750. The van der Waals surface area contributed by atoms with Crippen molar-refractivity contribution in [2.24, 2.45) is 33.5 Å². The van der Waals surface area contributed by atoms with Crippen LogP contribution in [0.25, 0.3) is 0 Å². The smallest absolute Gasteiger partial charge is 0.393 e. The highest BCUT2D eigenvalue weighted by Gasteiger charge is 2.74. The molecule has 2 spiro atoms. The molecule has 11 heteroatoms. The van der Waals surface area contributed by atoms with E-state index in [2.05, 4.69) is 19.1 Å². The minimum absolute atomic E-state index is 0.0306. The molecule has 6 nitrogen and oxygen atoms in total. The molecule has 6 aliphatic rings. The number of carbonyl (C=O) groups excluding carboxylic acids is 1. The van der Waals surface area contributed by atoms with E-state index in [-0.39, 0.29) is 35.9 Å². The molecule has 2 N–H and O–H groups in total. The summed E-state index contributed by atoms with van der Waals surface area (Å²) in [6.45, 7) is 4.43. The number of nitrogens with zero attached hydrogens (tertiary/aromatic N) is 1. The maximum Gasteiger partial charge on any atom is 0.416 e. The molecule has 0 radical (unpaired) electrons. The van der Waals surface area contributed by atoms with Gasteiger partial charge in [0.05, 0.1) is 23.5 Å². The van der Waals surface area contributed by atoms with Gasteiger partial charge in [-0.15, -0.1) is 11.3 Å². The van der Waals surface area contributed by atoms with Gasteiger partial charge in [0.1, 0.15) is 0 Å². The molecule has 6 aliphatic carbocycles. The molecule has 2 aromatic rings. The Morgan fingerprint density at radius 1 is 1.02 bits per heavy atom. The second-order valence-corrected chi connectivity index (χ2v) is 18.7. The number of alkyl halides is 3. The van der Waals surface area contributed by atoms with E-state index < -0.39 is 55.5 Å². The Kier molecular flexibility index (Phi) is 7.89. The van der Waals surface area contributed by atoms with Crippen LogP contribution in [0.4, 0.5) is 13.2 Å². The summed E-state index contributed by atoms with van der Waals surface area (Å²) in [6.07, 6.45) is 6.72. The summed E-state index contributed by atoms with van der Waals surface area (Å²) < 4.78 is 69.0. The summed E-state index contributed by atoms with van der Waals surface area (Å²) in [6, 6.07) is 8.49. The number of allylic oxidation sites excluding steroid dienone is 4. The van der Waals surface area contributed by atoms with E-state index >= 15 is 0 Å². The molecule has 3 fully saturated rings. The topological polar surface area (TPSA) is 94.9 Å². The number of benzene rings is 1. The van der Waals surface area contributed by atoms with Gasteiger partial charge in [-0.25, -0.2) is 8.42 Å². The van der Waals surface area contributed by atoms with Crippen LogP contribution in [0, 0.1) is 33.5 Å². The van der Waals surface area contributed by atoms with Gasteiger partial charge in [-0.05, 0) is 92.2 Å². The molecule has 8 unspecified atom stereocenters. The third kappa shape index (κ3) is 4.88. The molecule has 3 saturated carbocycles. The number of sulfonamides is 1. The van der Waals surface area contributed by atoms with Crippen LogP contribution in [0.3, 0.4) is 0 Å². The lowest BCUT2D eigenvalue weighted by Crippen LogP contribution is -2.67. The summed E-state index contributed by atoms with van der Waals surface area (Å²) in [7, 11) is -3.67. The van der Waals surface area contributed by atoms with Gasteiger partial charge >= 0.3 is 6.18 Å². The van der Waals surface area contributed by atoms with Crippen LogP contribution >= 0.6 is 11.3 Å². The standard InChI is InChI=1S/C37H44F3NO5S2/c1-32-13-9-26(42)21-34(32)16-17-36(28(22-34)31(43)24-6-4-7-25(20-24)37(38,39)40)29(32)10-14-33(2)30(36)11-15-35(33,44)23-41(48(3,45)46)18-12-27-8-5-19-47-27/h4-8,16-17,19-20,22,26,29-30,42,44H,9-15,18,21,23H2,1-3H3. The Labute approximate surface area is 284 Å². The van der Waals surface area contributed by atoms with Crippen molar-refractivity contribution in [1.29, 1.82) is 0 Å². The van der Waals surface area contributed by atoms with Crippen molar-refractivity contribution in [3.8, 4) is 0 Å². The van der Waals surface area contributed by atoms with Crippen LogP contribution in [0.1, 0.15) is 79.6 Å². The van der Waals surface area contributed by atoms with Crippen LogP contribution in [-0.4, -0.2) is 59.8 Å². The zero-order valence-corrected chi connectivity index (χ0v) is 29.2. The molecule has 260 valence electrons. The SMILES string of the molecule is CC12CCC(O)CC13C=CC1(C(C(=O)c4cccc(C(F)(F)F)c4)=C3)C2CCC2(C)C1CCC2(O)CN(CCc1cccs1)S(C)(=O)=O. The fourth-order valence-electron chi connectivity index (χ4n) is 10.9. The third-order valence-corrected chi connectivity index (χ3v) is 15.7. The van der Waals surface area contributed by atoms with Crippen molar-refractivity contribution in [3.05, 3.63) is 81.6 Å². The van der Waals surface area contributed by atoms with Crippen LogP contribution in [0.15, 0.2) is 65.6 Å². The van der Waals surface area contributed by atoms with Crippen molar-refractivity contribution in [1.82, 2.24) is 4.31 Å². The van der Waals surface area contributed by atoms with Crippen molar-refractivity contribution in [3.63, 3.8) is 0 Å². The number of thiophene rings is 1. The van der Waals surface area contributed by atoms with Gasteiger partial charge in [-0.1, -0.05) is 50.3 Å². The molecular formula is C37H44F3NO5S2. The fraction of sp³-hybridized carbons (Fsp3) is 0.595. The summed E-state index contributed by atoms with van der Waals surface area (Å²) in [4.78, 5) is 15.7. The number of ketones is 1. The van der Waals surface area contributed by atoms with Gasteiger partial charge in [0, 0.05) is 45.3 Å². The number of halogens is 3. The largest absolute Gasteiger partial charge is 0.416 e. The highest BCUT2D eigenvalue weighted by molar-refractivity contribution is 7.88. The second kappa shape index (κ2) is 11.1. The molecule has 48 heavy (non-hydrogen) atoms. The van der Waals surface area contributed by atoms with Gasteiger partial charge in [-0.2, -0.15) is 17.5 Å².